The highest BCUT2D eigenvalue weighted by molar-refractivity contribution is 6.38. The molecule has 1 aliphatic heterocycles. The standard InChI is InChI=1S/C26H20Cl2N2O2/c1-15-11-23-19(13-24(15)32-2)20(12-21-18-5-3-4-6-22(18)29-26(21)31)25(28)30(23)14-16-7-9-17(27)10-8-16/h3-13H,14H2,1-2H3,(H,29,31)/b21-12+. The van der Waals surface area contributed by atoms with Gasteiger partial charge in [-0.2, -0.15) is 0 Å². The first kappa shape index (κ1) is 20.7. The third-order valence-corrected chi connectivity index (χ3v) is 6.47. The molecule has 3 aromatic carbocycles. The van der Waals surface area contributed by atoms with Gasteiger partial charge in [-0.3, -0.25) is 4.79 Å². The molecule has 1 aliphatic rings. The van der Waals surface area contributed by atoms with Crippen LogP contribution in [-0.4, -0.2) is 17.6 Å². The van der Waals surface area contributed by atoms with Gasteiger partial charge in [0.05, 0.1) is 12.6 Å². The second-order valence-electron chi connectivity index (χ2n) is 7.81. The fourth-order valence-electron chi connectivity index (χ4n) is 4.18. The van der Waals surface area contributed by atoms with Gasteiger partial charge in [-0.15, -0.1) is 0 Å². The Kier molecular flexibility index (Phi) is 5.20. The molecule has 0 radical (unpaired) electrons. The largest absolute Gasteiger partial charge is 0.496 e. The summed E-state index contributed by atoms with van der Waals surface area (Å²) in [6.45, 7) is 2.58. The van der Waals surface area contributed by atoms with Crippen molar-refractivity contribution >= 4 is 57.3 Å². The number of hydrogen-bond donors (Lipinski definition) is 1. The second kappa shape index (κ2) is 8.05. The molecule has 2 heterocycles. The number of hydrogen-bond acceptors (Lipinski definition) is 2. The van der Waals surface area contributed by atoms with Gasteiger partial charge < -0.3 is 14.6 Å². The van der Waals surface area contributed by atoms with Crippen LogP contribution in [0.4, 0.5) is 5.69 Å². The molecule has 6 heteroatoms. The average molecular weight is 463 g/mol. The van der Waals surface area contributed by atoms with E-state index in [1.54, 1.807) is 7.11 Å². The van der Waals surface area contributed by atoms with E-state index in [9.17, 15) is 4.79 Å². The van der Waals surface area contributed by atoms with Crippen LogP contribution in [-0.2, 0) is 11.3 Å². The maximum Gasteiger partial charge on any atom is 0.256 e. The van der Waals surface area contributed by atoms with E-state index in [1.807, 2.05) is 67.6 Å². The van der Waals surface area contributed by atoms with Gasteiger partial charge in [0.1, 0.15) is 10.9 Å². The molecule has 0 spiro atoms. The summed E-state index contributed by atoms with van der Waals surface area (Å²) >= 11 is 13.0. The number of benzene rings is 3. The number of ether oxygens (including phenoxy) is 1. The van der Waals surface area contributed by atoms with E-state index in [0.29, 0.717) is 22.3 Å². The lowest BCUT2D eigenvalue weighted by Crippen LogP contribution is -2.03. The number of rotatable bonds is 4. The minimum atomic E-state index is -0.139. The predicted molar refractivity (Wildman–Crippen MR) is 132 cm³/mol. The molecule has 1 aromatic heterocycles. The summed E-state index contributed by atoms with van der Waals surface area (Å²) < 4.78 is 7.62. The molecule has 0 aliphatic carbocycles. The van der Waals surface area contributed by atoms with E-state index >= 15 is 0 Å². The van der Waals surface area contributed by atoms with Gasteiger partial charge in [0, 0.05) is 39.3 Å². The molecule has 0 atom stereocenters. The number of aromatic nitrogens is 1. The molecule has 0 unspecified atom stereocenters. The summed E-state index contributed by atoms with van der Waals surface area (Å²) in [6, 6.07) is 19.4. The van der Waals surface area contributed by atoms with Gasteiger partial charge in [0.2, 0.25) is 0 Å². The van der Waals surface area contributed by atoms with E-state index in [0.717, 1.165) is 44.6 Å². The molecular formula is C26H20Cl2N2O2. The molecule has 160 valence electrons. The Morgan fingerprint density at radius 2 is 1.81 bits per heavy atom. The zero-order chi connectivity index (χ0) is 22.4. The van der Waals surface area contributed by atoms with Crippen molar-refractivity contribution in [2.75, 3.05) is 12.4 Å². The molecule has 32 heavy (non-hydrogen) atoms. The van der Waals surface area contributed by atoms with Crippen LogP contribution in [0.2, 0.25) is 10.2 Å². The lowest BCUT2D eigenvalue weighted by Gasteiger charge is -2.09. The van der Waals surface area contributed by atoms with Crippen LogP contribution in [0.25, 0.3) is 22.6 Å². The number of methoxy groups -OCH3 is 1. The van der Waals surface area contributed by atoms with E-state index in [1.165, 1.54) is 0 Å². The van der Waals surface area contributed by atoms with Crippen molar-refractivity contribution in [2.24, 2.45) is 0 Å². The Bertz CT molecular complexity index is 1400. The number of halogens is 2. The van der Waals surface area contributed by atoms with Gasteiger partial charge in [-0.25, -0.2) is 0 Å². The van der Waals surface area contributed by atoms with Crippen molar-refractivity contribution < 1.29 is 9.53 Å². The van der Waals surface area contributed by atoms with E-state index in [2.05, 4.69) is 16.0 Å². The Labute approximate surface area is 196 Å². The van der Waals surface area contributed by atoms with Gasteiger partial charge in [0.15, 0.2) is 0 Å². The summed E-state index contributed by atoms with van der Waals surface area (Å²) in [6.07, 6.45) is 1.87. The van der Waals surface area contributed by atoms with Crippen molar-refractivity contribution in [3.05, 3.63) is 93.1 Å². The normalized spacial score (nSPS) is 14.1. The number of para-hydroxylation sites is 1. The fraction of sp³-hybridized carbons (Fsp3) is 0.115. The summed E-state index contributed by atoms with van der Waals surface area (Å²) in [5.41, 5.74) is 6.11. The molecule has 1 amide bonds. The van der Waals surface area contributed by atoms with Crippen LogP contribution < -0.4 is 10.1 Å². The highest BCUT2D eigenvalue weighted by Crippen LogP contribution is 2.39. The predicted octanol–water partition coefficient (Wildman–Crippen LogP) is 6.81. The summed E-state index contributed by atoms with van der Waals surface area (Å²) in [5.74, 6) is 0.633. The molecule has 1 N–H and O–H groups in total. The lowest BCUT2D eigenvalue weighted by molar-refractivity contribution is -0.110. The first-order valence-corrected chi connectivity index (χ1v) is 10.9. The third-order valence-electron chi connectivity index (χ3n) is 5.81. The van der Waals surface area contributed by atoms with E-state index < -0.39 is 0 Å². The third kappa shape index (κ3) is 3.46. The SMILES string of the molecule is COc1cc2c(/C=C3/C(=O)Nc4ccccc43)c(Cl)n(Cc3ccc(Cl)cc3)c2cc1C. The number of nitrogens with one attached hydrogen (secondary N) is 1. The highest BCUT2D eigenvalue weighted by Gasteiger charge is 2.25. The van der Waals surface area contributed by atoms with Gasteiger partial charge in [-0.1, -0.05) is 53.5 Å². The second-order valence-corrected chi connectivity index (χ2v) is 8.61. The molecule has 5 rings (SSSR count). The number of carbonyl (C=O) groups excluding carboxylic acids is 1. The number of nitrogens with zero attached hydrogens (tertiary/aromatic N) is 1. The van der Waals surface area contributed by atoms with Crippen molar-refractivity contribution in [1.82, 2.24) is 4.57 Å². The van der Waals surface area contributed by atoms with Crippen LogP contribution in [0.1, 0.15) is 22.3 Å². The van der Waals surface area contributed by atoms with Crippen LogP contribution in [0.5, 0.6) is 5.75 Å². The quantitative estimate of drug-likeness (QED) is 0.338. The zero-order valence-corrected chi connectivity index (χ0v) is 19.1. The number of anilines is 1. The Morgan fingerprint density at radius 1 is 1.06 bits per heavy atom. The van der Waals surface area contributed by atoms with E-state index in [4.69, 9.17) is 27.9 Å². The minimum Gasteiger partial charge on any atom is -0.496 e. The molecule has 0 saturated heterocycles. The van der Waals surface area contributed by atoms with Gasteiger partial charge in [-0.05, 0) is 54.5 Å². The smallest absolute Gasteiger partial charge is 0.256 e. The number of amides is 1. The number of fused-ring (bicyclic) bond motifs is 2. The van der Waals surface area contributed by atoms with Crippen LogP contribution in [0.3, 0.4) is 0 Å². The average Bonchev–Trinajstić information content (AvgIpc) is 3.23. The first-order chi connectivity index (χ1) is 15.5. The fourth-order valence-corrected chi connectivity index (χ4v) is 4.62. The summed E-state index contributed by atoms with van der Waals surface area (Å²) in [5, 5.41) is 5.10. The van der Waals surface area contributed by atoms with Crippen molar-refractivity contribution in [2.45, 2.75) is 13.5 Å². The molecule has 4 nitrogen and oxygen atoms in total. The topological polar surface area (TPSA) is 43.3 Å². The minimum absolute atomic E-state index is 0.139. The molecule has 0 saturated carbocycles. The molecule has 4 aromatic rings. The molecule has 0 fully saturated rings. The summed E-state index contributed by atoms with van der Waals surface area (Å²) in [4.78, 5) is 12.7. The zero-order valence-electron chi connectivity index (χ0n) is 17.6. The summed E-state index contributed by atoms with van der Waals surface area (Å²) in [7, 11) is 1.65. The number of aryl methyl sites for hydroxylation is 1. The van der Waals surface area contributed by atoms with Crippen LogP contribution >= 0.6 is 23.2 Å². The maximum atomic E-state index is 12.7. The van der Waals surface area contributed by atoms with Crippen molar-refractivity contribution in [3.63, 3.8) is 0 Å². The number of carbonyl (C=O) groups is 1. The Hall–Kier alpha value is -3.21. The molecule has 0 bridgehead atoms. The van der Waals surface area contributed by atoms with Gasteiger partial charge >= 0.3 is 0 Å². The van der Waals surface area contributed by atoms with Crippen LogP contribution in [0, 0.1) is 6.92 Å². The highest BCUT2D eigenvalue weighted by atomic mass is 35.5. The van der Waals surface area contributed by atoms with Crippen molar-refractivity contribution in [3.8, 4) is 5.75 Å². The van der Waals surface area contributed by atoms with Crippen molar-refractivity contribution in [1.29, 1.82) is 0 Å². The Balaban J connectivity index is 1.73. The first-order valence-electron chi connectivity index (χ1n) is 10.2. The van der Waals surface area contributed by atoms with Crippen LogP contribution in [0.15, 0.2) is 60.7 Å². The lowest BCUT2D eigenvalue weighted by atomic mass is 10.0. The maximum absolute atomic E-state index is 12.7. The van der Waals surface area contributed by atoms with Gasteiger partial charge in [0.25, 0.3) is 5.91 Å². The Morgan fingerprint density at radius 3 is 2.56 bits per heavy atom. The molecular weight excluding hydrogens is 443 g/mol. The monoisotopic (exact) mass is 462 g/mol. The van der Waals surface area contributed by atoms with E-state index in [-0.39, 0.29) is 5.91 Å².